The molecule has 88 heavy (non-hydrogen) atoms. The summed E-state index contributed by atoms with van der Waals surface area (Å²) in [5.41, 5.74) is 21.2. The first kappa shape index (κ1) is 46.3. The number of anilines is 6. The van der Waals surface area contributed by atoms with E-state index < -0.39 is 0 Å². The number of furan rings is 5. The molecule has 0 radical (unpaired) electrons. The van der Waals surface area contributed by atoms with Crippen LogP contribution < -0.4 is 9.80 Å². The SMILES string of the molecule is c1ccc2c(c1)-c1ccc(N(c3cnc4oc5ccccc5c4c3)c3cnc4oc5cc(-c6ccc7c(c6)oc6c(N(c8ccc9oc%10ncccc%10c9c8)c8ccc9oc%10ncccc%10c9c8)cccc67)ccc5c4c3)cc1C21C2CC3CC4CC1C342. The summed E-state index contributed by atoms with van der Waals surface area (Å²) in [6.45, 7) is 0. The van der Waals surface area contributed by atoms with Gasteiger partial charge in [-0.15, -0.1) is 0 Å². The van der Waals surface area contributed by atoms with Crippen LogP contribution in [0, 0.1) is 29.1 Å². The minimum Gasteiger partial charge on any atom is -0.454 e. The molecular formula is C77H46N6O5. The highest BCUT2D eigenvalue weighted by atomic mass is 16.4. The van der Waals surface area contributed by atoms with Gasteiger partial charge in [-0.2, -0.15) is 0 Å². The standard InChI is InChI=1S/C77H46N6O5/c1-3-13-61-49(8-1)50-23-18-46(37-62(50)77(61)69-31-42-30-43-32-70(77)76(42,43)69)82(47-35-59-51-9-2-4-15-64(51)85-74(59)80-38-47)48-36-60-53-22-17-41(29-68(53)88-75(60)81-39-48)40-16-21-52-54-10-5-14-63(71(54)84-67(52)28-40)83(44-19-24-65-57(33-44)55-11-6-26-78-72(55)86-65)45-20-25-66-58(34-45)56-12-7-27-79-73(56)87-66/h1-29,33-39,42-43,69-70H,30-32H2. The number of hydrogen-bond donors (Lipinski definition) is 0. The fraction of sp³-hybridized carbons (Fsp3) is 0.117. The molecule has 11 nitrogen and oxygen atoms in total. The molecule has 414 valence electrons. The minimum absolute atomic E-state index is 0.0568. The van der Waals surface area contributed by atoms with E-state index in [0.717, 1.165) is 144 Å². The zero-order valence-corrected chi connectivity index (χ0v) is 46.9. The Hall–Kier alpha value is -11.0. The maximum atomic E-state index is 7.09. The van der Waals surface area contributed by atoms with Crippen molar-refractivity contribution in [2.45, 2.75) is 24.7 Å². The fourth-order valence-electron chi connectivity index (χ4n) is 18.3. The van der Waals surface area contributed by atoms with Crippen LogP contribution in [0.4, 0.5) is 34.1 Å². The maximum Gasteiger partial charge on any atom is 0.227 e. The summed E-state index contributed by atoms with van der Waals surface area (Å²) in [6.07, 6.45) is 11.6. The first-order valence-electron chi connectivity index (χ1n) is 30.5. The second-order valence-electron chi connectivity index (χ2n) is 25.3. The number of pyridine rings is 4. The second-order valence-corrected chi connectivity index (χ2v) is 25.3. The molecule has 11 heteroatoms. The summed E-state index contributed by atoms with van der Waals surface area (Å²) in [7, 11) is 0. The Morgan fingerprint density at radius 2 is 0.864 bits per heavy atom. The van der Waals surface area contributed by atoms with Crippen LogP contribution >= 0.6 is 0 Å². The van der Waals surface area contributed by atoms with Gasteiger partial charge in [-0.25, -0.2) is 19.9 Å². The van der Waals surface area contributed by atoms with Crippen molar-refractivity contribution in [3.8, 4) is 22.3 Å². The highest BCUT2D eigenvalue weighted by Gasteiger charge is 2.90. The van der Waals surface area contributed by atoms with E-state index in [2.05, 4.69) is 177 Å². The van der Waals surface area contributed by atoms with Gasteiger partial charge >= 0.3 is 0 Å². The summed E-state index contributed by atoms with van der Waals surface area (Å²) >= 11 is 0. The zero-order chi connectivity index (χ0) is 56.9. The van der Waals surface area contributed by atoms with E-state index >= 15 is 0 Å². The third-order valence-electron chi connectivity index (χ3n) is 21.8. The molecule has 0 aliphatic heterocycles. The van der Waals surface area contributed by atoms with Gasteiger partial charge in [0.2, 0.25) is 22.9 Å². The van der Waals surface area contributed by atoms with E-state index in [9.17, 15) is 0 Å². The molecule has 5 aliphatic rings. The van der Waals surface area contributed by atoms with Crippen LogP contribution in [0.25, 0.3) is 132 Å². The molecule has 9 heterocycles. The molecule has 0 N–H and O–H groups in total. The van der Waals surface area contributed by atoms with Crippen molar-refractivity contribution in [3.63, 3.8) is 0 Å². The lowest BCUT2D eigenvalue weighted by Crippen LogP contribution is -2.88. The molecule has 0 bridgehead atoms. The van der Waals surface area contributed by atoms with Gasteiger partial charge in [-0.3, -0.25) is 0 Å². The number of rotatable bonds is 7. The Bertz CT molecular complexity index is 5850. The van der Waals surface area contributed by atoms with Crippen LogP contribution in [0.2, 0.25) is 0 Å². The molecule has 4 atom stereocenters. The predicted octanol–water partition coefficient (Wildman–Crippen LogP) is 20.3. The zero-order valence-electron chi connectivity index (χ0n) is 46.9. The maximum absolute atomic E-state index is 7.09. The quantitative estimate of drug-likeness (QED) is 0.151. The molecule has 2 spiro atoms. The summed E-state index contributed by atoms with van der Waals surface area (Å²) in [6, 6.07) is 69.1. The highest BCUT2D eigenvalue weighted by molar-refractivity contribution is 6.14. The Morgan fingerprint density at radius 3 is 1.55 bits per heavy atom. The van der Waals surface area contributed by atoms with Crippen LogP contribution in [-0.4, -0.2) is 19.9 Å². The van der Waals surface area contributed by atoms with Gasteiger partial charge in [0, 0.05) is 78.0 Å². The molecule has 0 amide bonds. The molecule has 5 aliphatic carbocycles. The molecule has 4 saturated carbocycles. The molecule has 17 aromatic rings. The molecule has 22 rings (SSSR count). The Balaban J connectivity index is 0.663. The number of fused-ring (bicyclic) bond motifs is 22. The molecule has 0 saturated heterocycles. The van der Waals surface area contributed by atoms with Crippen molar-refractivity contribution >= 4 is 144 Å². The van der Waals surface area contributed by atoms with Crippen LogP contribution in [0.5, 0.6) is 0 Å². The Labute approximate surface area is 499 Å². The number of benzene rings is 8. The normalized spacial score (nSPS) is 21.1. The topological polar surface area (TPSA) is 124 Å². The lowest BCUT2D eigenvalue weighted by Gasteiger charge is -2.92. The van der Waals surface area contributed by atoms with Gasteiger partial charge in [0.1, 0.15) is 27.9 Å². The van der Waals surface area contributed by atoms with E-state index in [0.29, 0.717) is 40.1 Å². The number of nitrogens with zero attached hydrogens (tertiary/aromatic N) is 6. The van der Waals surface area contributed by atoms with E-state index in [4.69, 9.17) is 32.1 Å². The first-order chi connectivity index (χ1) is 43.5. The minimum atomic E-state index is 0.0568. The van der Waals surface area contributed by atoms with Crippen molar-refractivity contribution < 1.29 is 22.1 Å². The Morgan fingerprint density at radius 1 is 0.341 bits per heavy atom. The van der Waals surface area contributed by atoms with Crippen molar-refractivity contribution in [1.29, 1.82) is 0 Å². The largest absolute Gasteiger partial charge is 0.454 e. The van der Waals surface area contributed by atoms with Crippen molar-refractivity contribution in [3.05, 3.63) is 230 Å². The molecular weight excluding hydrogens is 1090 g/mol. The first-order valence-corrected chi connectivity index (χ1v) is 30.5. The summed E-state index contributed by atoms with van der Waals surface area (Å²) in [5, 5.41) is 9.77. The molecule has 4 fully saturated rings. The molecule has 9 aromatic heterocycles. The van der Waals surface area contributed by atoms with Gasteiger partial charge in [0.05, 0.1) is 40.2 Å². The third-order valence-corrected chi connectivity index (χ3v) is 21.8. The van der Waals surface area contributed by atoms with E-state index in [1.165, 1.54) is 36.0 Å². The van der Waals surface area contributed by atoms with Crippen LogP contribution in [0.3, 0.4) is 0 Å². The van der Waals surface area contributed by atoms with Gasteiger partial charge in [0.15, 0.2) is 5.58 Å². The van der Waals surface area contributed by atoms with Crippen molar-refractivity contribution in [2.75, 3.05) is 9.80 Å². The second kappa shape index (κ2) is 16.1. The lowest BCUT2D eigenvalue weighted by atomic mass is 9.11. The third kappa shape index (κ3) is 5.63. The summed E-state index contributed by atoms with van der Waals surface area (Å²) in [5.74, 6) is 3.26. The lowest BCUT2D eigenvalue weighted by molar-refractivity contribution is -0.412. The van der Waals surface area contributed by atoms with E-state index in [1.807, 2.05) is 48.8 Å². The smallest absolute Gasteiger partial charge is 0.227 e. The number of para-hydroxylation sites is 2. The van der Waals surface area contributed by atoms with Crippen LogP contribution in [-0.2, 0) is 5.41 Å². The molecule has 8 aromatic carbocycles. The highest BCUT2D eigenvalue weighted by Crippen LogP contribution is 2.95. The van der Waals surface area contributed by atoms with E-state index in [-0.39, 0.29) is 5.41 Å². The predicted molar refractivity (Wildman–Crippen MR) is 345 cm³/mol. The van der Waals surface area contributed by atoms with Gasteiger partial charge in [0.25, 0.3) is 0 Å². The van der Waals surface area contributed by atoms with Gasteiger partial charge in [-0.05, 0) is 203 Å². The summed E-state index contributed by atoms with van der Waals surface area (Å²) in [4.78, 5) is 23.8. The number of hydrogen-bond acceptors (Lipinski definition) is 11. The van der Waals surface area contributed by atoms with E-state index in [1.54, 1.807) is 18.0 Å². The molecule has 4 unspecified atom stereocenters. The van der Waals surface area contributed by atoms with Crippen molar-refractivity contribution in [2.24, 2.45) is 29.1 Å². The summed E-state index contributed by atoms with van der Waals surface area (Å²) < 4.78 is 32.5. The van der Waals surface area contributed by atoms with Gasteiger partial charge < -0.3 is 31.9 Å². The average Bonchev–Trinajstić information content (AvgIpc) is 0.972. The van der Waals surface area contributed by atoms with Crippen LogP contribution in [0.1, 0.15) is 30.4 Å². The average molecular weight is 1140 g/mol. The Kier molecular flexibility index (Phi) is 8.45. The van der Waals surface area contributed by atoms with Gasteiger partial charge in [-0.1, -0.05) is 72.8 Å². The number of aromatic nitrogens is 4. The monoisotopic (exact) mass is 1130 g/mol. The fourth-order valence-corrected chi connectivity index (χ4v) is 18.3. The van der Waals surface area contributed by atoms with Crippen molar-refractivity contribution in [1.82, 2.24) is 19.9 Å². The van der Waals surface area contributed by atoms with Crippen LogP contribution in [0.15, 0.2) is 241 Å².